The normalized spacial score (nSPS) is 12.7. The summed E-state index contributed by atoms with van der Waals surface area (Å²) in [5.74, 6) is -1.68. The summed E-state index contributed by atoms with van der Waals surface area (Å²) in [6.07, 6.45) is -4.25. The number of hydrogen-bond donors (Lipinski definition) is 1. The fourth-order valence-corrected chi connectivity index (χ4v) is 1.76. The molecule has 0 unspecified atom stereocenters. The Hall–Kier alpha value is -0.430. The molecule has 0 fully saturated rings. The molecule has 0 aliphatic heterocycles. The lowest BCUT2D eigenvalue weighted by atomic mass is 10.1. The molecule has 7 heteroatoms. The van der Waals surface area contributed by atoms with Crippen LogP contribution in [0.3, 0.4) is 0 Å². The maximum absolute atomic E-state index is 11.8. The minimum atomic E-state index is -4.25. The SMILES string of the molecule is CN(CC(C)(C)O)C(=O)CSCC(F)(F)F. The van der Waals surface area contributed by atoms with Gasteiger partial charge in [0.1, 0.15) is 0 Å². The number of carbonyl (C=O) groups excluding carboxylic acids is 1. The van der Waals surface area contributed by atoms with Crippen LogP contribution in [-0.2, 0) is 4.79 Å². The van der Waals surface area contributed by atoms with Crippen molar-refractivity contribution in [2.75, 3.05) is 25.1 Å². The van der Waals surface area contributed by atoms with E-state index in [0.717, 1.165) is 0 Å². The second-order valence-corrected chi connectivity index (χ2v) is 5.16. The third kappa shape index (κ3) is 8.84. The molecule has 0 rings (SSSR count). The van der Waals surface area contributed by atoms with E-state index in [0.29, 0.717) is 11.8 Å². The predicted octanol–water partition coefficient (Wildman–Crippen LogP) is 1.51. The quantitative estimate of drug-likeness (QED) is 0.813. The van der Waals surface area contributed by atoms with E-state index in [1.807, 2.05) is 0 Å². The van der Waals surface area contributed by atoms with Crippen LogP contribution in [0.25, 0.3) is 0 Å². The molecule has 1 amide bonds. The van der Waals surface area contributed by atoms with E-state index in [-0.39, 0.29) is 12.3 Å². The minimum absolute atomic E-state index is 0.0956. The van der Waals surface area contributed by atoms with Gasteiger partial charge in [0, 0.05) is 13.6 Å². The number of alkyl halides is 3. The van der Waals surface area contributed by atoms with E-state index in [4.69, 9.17) is 0 Å². The summed E-state index contributed by atoms with van der Waals surface area (Å²) in [6, 6.07) is 0. The molecule has 0 bridgehead atoms. The third-order valence-electron chi connectivity index (χ3n) is 1.54. The number of rotatable bonds is 5. The fourth-order valence-electron chi connectivity index (χ4n) is 1.03. The van der Waals surface area contributed by atoms with Gasteiger partial charge in [0.15, 0.2) is 0 Å². The highest BCUT2D eigenvalue weighted by Crippen LogP contribution is 2.21. The Balaban J connectivity index is 3.90. The third-order valence-corrected chi connectivity index (χ3v) is 2.52. The van der Waals surface area contributed by atoms with Crippen molar-refractivity contribution in [3.63, 3.8) is 0 Å². The maximum Gasteiger partial charge on any atom is 0.397 e. The largest absolute Gasteiger partial charge is 0.397 e. The first-order valence-corrected chi connectivity index (χ1v) is 5.77. The van der Waals surface area contributed by atoms with Gasteiger partial charge in [0.25, 0.3) is 0 Å². The average Bonchev–Trinajstić information content (AvgIpc) is 1.98. The van der Waals surface area contributed by atoms with Crippen molar-refractivity contribution < 1.29 is 23.1 Å². The molecule has 1 N–H and O–H groups in total. The summed E-state index contributed by atoms with van der Waals surface area (Å²) >= 11 is 0.525. The van der Waals surface area contributed by atoms with Crippen molar-refractivity contribution in [2.24, 2.45) is 0 Å². The molecule has 0 heterocycles. The van der Waals surface area contributed by atoms with Crippen molar-refractivity contribution in [2.45, 2.75) is 25.6 Å². The first-order valence-electron chi connectivity index (χ1n) is 4.62. The lowest BCUT2D eigenvalue weighted by Gasteiger charge is -2.25. The standard InChI is InChI=1S/C9H16F3NO2S/c1-8(2,15)5-13(3)7(14)4-16-6-9(10,11)12/h15H,4-6H2,1-3H3. The first-order chi connectivity index (χ1) is 7.01. The number of aliphatic hydroxyl groups is 1. The topological polar surface area (TPSA) is 40.5 Å². The van der Waals surface area contributed by atoms with E-state index in [1.165, 1.54) is 25.8 Å². The maximum atomic E-state index is 11.8. The molecule has 0 radical (unpaired) electrons. The second-order valence-electron chi connectivity index (χ2n) is 4.17. The molecule has 0 saturated carbocycles. The van der Waals surface area contributed by atoms with Gasteiger partial charge in [-0.05, 0) is 13.8 Å². The Kier molecular flexibility index (Phi) is 5.61. The zero-order valence-corrected chi connectivity index (χ0v) is 10.3. The van der Waals surface area contributed by atoms with Crippen LogP contribution in [-0.4, -0.2) is 52.8 Å². The smallest absolute Gasteiger partial charge is 0.389 e. The summed E-state index contributed by atoms with van der Waals surface area (Å²) in [6.45, 7) is 3.15. The van der Waals surface area contributed by atoms with Crippen LogP contribution in [0.2, 0.25) is 0 Å². The van der Waals surface area contributed by atoms with Gasteiger partial charge in [-0.1, -0.05) is 0 Å². The number of hydrogen-bond acceptors (Lipinski definition) is 3. The van der Waals surface area contributed by atoms with Crippen LogP contribution >= 0.6 is 11.8 Å². The van der Waals surface area contributed by atoms with Gasteiger partial charge in [-0.25, -0.2) is 0 Å². The molecule has 0 spiro atoms. The molecule has 0 atom stereocenters. The Morgan fingerprint density at radius 2 is 1.88 bits per heavy atom. The summed E-state index contributed by atoms with van der Waals surface area (Å²) in [7, 11) is 1.45. The Morgan fingerprint density at radius 1 is 1.38 bits per heavy atom. The van der Waals surface area contributed by atoms with Crippen LogP contribution in [0.15, 0.2) is 0 Å². The number of halogens is 3. The van der Waals surface area contributed by atoms with Gasteiger partial charge < -0.3 is 10.0 Å². The van der Waals surface area contributed by atoms with E-state index in [9.17, 15) is 23.1 Å². The predicted molar refractivity (Wildman–Crippen MR) is 57.3 cm³/mol. The summed E-state index contributed by atoms with van der Waals surface area (Å²) in [5, 5.41) is 9.41. The molecule has 0 saturated heterocycles. The Bertz CT molecular complexity index is 238. The molecule has 0 aliphatic rings. The van der Waals surface area contributed by atoms with Crippen molar-refractivity contribution in [1.29, 1.82) is 0 Å². The molecule has 0 aromatic heterocycles. The number of amides is 1. The van der Waals surface area contributed by atoms with E-state index in [2.05, 4.69) is 0 Å². The number of nitrogens with zero attached hydrogens (tertiary/aromatic N) is 1. The highest BCUT2D eigenvalue weighted by atomic mass is 32.2. The minimum Gasteiger partial charge on any atom is -0.389 e. The zero-order valence-electron chi connectivity index (χ0n) is 9.47. The highest BCUT2D eigenvalue weighted by Gasteiger charge is 2.28. The Morgan fingerprint density at radius 3 is 2.25 bits per heavy atom. The summed E-state index contributed by atoms with van der Waals surface area (Å²) in [5.41, 5.74) is -1.04. The van der Waals surface area contributed by atoms with Crippen molar-refractivity contribution in [3.05, 3.63) is 0 Å². The van der Waals surface area contributed by atoms with Crippen molar-refractivity contribution >= 4 is 17.7 Å². The average molecular weight is 259 g/mol. The van der Waals surface area contributed by atoms with Crippen LogP contribution < -0.4 is 0 Å². The lowest BCUT2D eigenvalue weighted by Crippen LogP contribution is -2.40. The number of thioether (sulfide) groups is 1. The Labute approximate surface area is 97.0 Å². The van der Waals surface area contributed by atoms with E-state index < -0.39 is 23.4 Å². The molecule has 0 aromatic carbocycles. The number of likely N-dealkylation sites (N-methyl/N-ethyl adjacent to an activating group) is 1. The molecule has 3 nitrogen and oxygen atoms in total. The highest BCUT2D eigenvalue weighted by molar-refractivity contribution is 8.00. The molecule has 16 heavy (non-hydrogen) atoms. The summed E-state index contributed by atoms with van der Waals surface area (Å²) < 4.78 is 35.4. The van der Waals surface area contributed by atoms with Gasteiger partial charge in [0.05, 0.1) is 17.1 Å². The van der Waals surface area contributed by atoms with Gasteiger partial charge in [-0.3, -0.25) is 4.79 Å². The van der Waals surface area contributed by atoms with Gasteiger partial charge in [0.2, 0.25) is 5.91 Å². The van der Waals surface area contributed by atoms with Crippen LogP contribution in [0, 0.1) is 0 Å². The number of carbonyl (C=O) groups is 1. The molecular formula is C9H16F3NO2S. The molecule has 0 aliphatic carbocycles. The van der Waals surface area contributed by atoms with Gasteiger partial charge >= 0.3 is 6.18 Å². The van der Waals surface area contributed by atoms with Gasteiger partial charge in [-0.15, -0.1) is 11.8 Å². The van der Waals surface area contributed by atoms with E-state index >= 15 is 0 Å². The van der Waals surface area contributed by atoms with Crippen molar-refractivity contribution in [3.8, 4) is 0 Å². The molecule has 96 valence electrons. The van der Waals surface area contributed by atoms with Crippen LogP contribution in [0.4, 0.5) is 13.2 Å². The van der Waals surface area contributed by atoms with Crippen LogP contribution in [0.1, 0.15) is 13.8 Å². The molecule has 0 aromatic rings. The summed E-state index contributed by atoms with van der Waals surface area (Å²) in [4.78, 5) is 12.6. The van der Waals surface area contributed by atoms with Crippen molar-refractivity contribution in [1.82, 2.24) is 4.90 Å². The van der Waals surface area contributed by atoms with Crippen LogP contribution in [0.5, 0.6) is 0 Å². The fraction of sp³-hybridized carbons (Fsp3) is 0.889. The first kappa shape index (κ1) is 15.6. The zero-order chi connectivity index (χ0) is 13.0. The lowest BCUT2D eigenvalue weighted by molar-refractivity contribution is -0.129. The monoisotopic (exact) mass is 259 g/mol. The molecular weight excluding hydrogens is 243 g/mol. The van der Waals surface area contributed by atoms with E-state index in [1.54, 1.807) is 0 Å². The second kappa shape index (κ2) is 5.77. The van der Waals surface area contributed by atoms with Gasteiger partial charge in [-0.2, -0.15) is 13.2 Å².